The fourth-order valence-corrected chi connectivity index (χ4v) is 4.88. The second-order valence-corrected chi connectivity index (χ2v) is 7.27. The molecule has 3 heteroatoms. The van der Waals surface area contributed by atoms with E-state index in [1.807, 2.05) is 0 Å². The highest BCUT2D eigenvalue weighted by atomic mass is 16.6. The molecule has 4 aliphatic rings. The Hall–Kier alpha value is -0.570. The van der Waals surface area contributed by atoms with E-state index in [4.69, 9.17) is 9.47 Å². The maximum Gasteiger partial charge on any atom is 0.338 e. The number of ether oxygens (including phenoxy) is 2. The number of carbonyl (C=O) groups is 1. The van der Waals surface area contributed by atoms with Crippen LogP contribution in [0.2, 0.25) is 0 Å². The highest BCUT2D eigenvalue weighted by molar-refractivity contribution is 5.81. The first-order valence-electron chi connectivity index (χ1n) is 8.10. The molecule has 4 rings (SSSR count). The lowest BCUT2D eigenvalue weighted by Gasteiger charge is -2.42. The largest absolute Gasteiger partial charge is 0.457 e. The third-order valence-electron chi connectivity index (χ3n) is 6.09. The molecule has 4 fully saturated rings. The molecule has 106 valence electrons. The molecule has 0 aromatic carbocycles. The van der Waals surface area contributed by atoms with Crippen molar-refractivity contribution in [1.82, 2.24) is 0 Å². The fraction of sp³-hybridized carbons (Fsp3) is 0.938. The van der Waals surface area contributed by atoms with E-state index < -0.39 is 5.60 Å². The van der Waals surface area contributed by atoms with Gasteiger partial charge in [0.05, 0.1) is 5.60 Å². The Bertz CT molecular complexity index is 391. The van der Waals surface area contributed by atoms with Gasteiger partial charge < -0.3 is 9.47 Å². The van der Waals surface area contributed by atoms with Gasteiger partial charge in [0.2, 0.25) is 0 Å². The molecule has 2 aliphatic heterocycles. The molecule has 0 bridgehead atoms. The van der Waals surface area contributed by atoms with Gasteiger partial charge in [0.25, 0.3) is 0 Å². The van der Waals surface area contributed by atoms with Gasteiger partial charge in [-0.05, 0) is 64.2 Å². The van der Waals surface area contributed by atoms with Crippen molar-refractivity contribution in [2.45, 2.75) is 93.9 Å². The molecule has 0 radical (unpaired) electrons. The molecule has 0 aromatic heterocycles. The molecule has 2 aliphatic carbocycles. The molecular weight excluding hydrogens is 240 g/mol. The van der Waals surface area contributed by atoms with Crippen LogP contribution in [0.15, 0.2) is 0 Å². The molecular formula is C16H24O3. The number of rotatable bonds is 0. The zero-order valence-corrected chi connectivity index (χ0v) is 11.7. The van der Waals surface area contributed by atoms with Crippen LogP contribution in [0.4, 0.5) is 0 Å². The number of hydrogen-bond donors (Lipinski definition) is 0. The van der Waals surface area contributed by atoms with Gasteiger partial charge in [-0.2, -0.15) is 0 Å². The SMILES string of the molecule is O=C1OC2(CCCC2)CCC12CCC1(CCCC1)O2. The summed E-state index contributed by atoms with van der Waals surface area (Å²) in [4.78, 5) is 12.6. The minimum Gasteiger partial charge on any atom is -0.457 e. The van der Waals surface area contributed by atoms with E-state index in [0.717, 1.165) is 51.4 Å². The van der Waals surface area contributed by atoms with E-state index in [1.165, 1.54) is 25.7 Å². The van der Waals surface area contributed by atoms with E-state index in [-0.39, 0.29) is 17.2 Å². The average molecular weight is 264 g/mol. The van der Waals surface area contributed by atoms with Gasteiger partial charge in [-0.1, -0.05) is 12.8 Å². The minimum absolute atomic E-state index is 0.0270. The van der Waals surface area contributed by atoms with Crippen LogP contribution in [-0.4, -0.2) is 22.8 Å². The van der Waals surface area contributed by atoms with Crippen LogP contribution < -0.4 is 0 Å². The van der Waals surface area contributed by atoms with Crippen LogP contribution in [0.25, 0.3) is 0 Å². The Morgan fingerprint density at radius 2 is 1.21 bits per heavy atom. The van der Waals surface area contributed by atoms with Gasteiger partial charge in [0, 0.05) is 0 Å². The summed E-state index contributed by atoms with van der Waals surface area (Å²) in [6.07, 6.45) is 13.2. The van der Waals surface area contributed by atoms with Crippen LogP contribution in [0.5, 0.6) is 0 Å². The minimum atomic E-state index is -0.571. The van der Waals surface area contributed by atoms with E-state index >= 15 is 0 Å². The summed E-state index contributed by atoms with van der Waals surface area (Å²) in [5.41, 5.74) is -0.658. The molecule has 1 atom stereocenters. The standard InChI is InChI=1S/C16H24O3/c17-13-16(11-9-14(18-13)5-1-2-6-14)12-10-15(19-16)7-3-4-8-15/h1-12H2. The summed E-state index contributed by atoms with van der Waals surface area (Å²) in [5.74, 6) is -0.0376. The number of hydrogen-bond acceptors (Lipinski definition) is 3. The van der Waals surface area contributed by atoms with Gasteiger partial charge in [0.1, 0.15) is 5.60 Å². The van der Waals surface area contributed by atoms with Crippen molar-refractivity contribution >= 4 is 5.97 Å². The topological polar surface area (TPSA) is 35.5 Å². The summed E-state index contributed by atoms with van der Waals surface area (Å²) in [6, 6.07) is 0. The fourth-order valence-electron chi connectivity index (χ4n) is 4.88. The summed E-state index contributed by atoms with van der Waals surface area (Å²) in [5, 5.41) is 0. The maximum absolute atomic E-state index is 12.6. The van der Waals surface area contributed by atoms with Crippen molar-refractivity contribution in [3.05, 3.63) is 0 Å². The molecule has 3 nitrogen and oxygen atoms in total. The molecule has 0 N–H and O–H groups in total. The van der Waals surface area contributed by atoms with Crippen LogP contribution in [0, 0.1) is 0 Å². The normalized spacial score (nSPS) is 39.5. The first kappa shape index (κ1) is 12.2. The highest BCUT2D eigenvalue weighted by Gasteiger charge is 2.59. The molecule has 2 heterocycles. The monoisotopic (exact) mass is 264 g/mol. The lowest BCUT2D eigenvalue weighted by Crippen LogP contribution is -2.52. The molecule has 0 aromatic rings. The number of esters is 1. The van der Waals surface area contributed by atoms with Crippen LogP contribution in [0.3, 0.4) is 0 Å². The van der Waals surface area contributed by atoms with E-state index in [2.05, 4.69) is 0 Å². The molecule has 2 saturated carbocycles. The third kappa shape index (κ3) is 1.77. The molecule has 2 saturated heterocycles. The van der Waals surface area contributed by atoms with Crippen LogP contribution in [-0.2, 0) is 14.3 Å². The van der Waals surface area contributed by atoms with Gasteiger partial charge in [-0.15, -0.1) is 0 Å². The van der Waals surface area contributed by atoms with Crippen molar-refractivity contribution < 1.29 is 14.3 Å². The first-order valence-corrected chi connectivity index (χ1v) is 8.10. The molecule has 19 heavy (non-hydrogen) atoms. The van der Waals surface area contributed by atoms with Crippen molar-refractivity contribution in [2.24, 2.45) is 0 Å². The molecule has 3 spiro atoms. The lowest BCUT2D eigenvalue weighted by atomic mass is 9.82. The predicted octanol–water partition coefficient (Wildman–Crippen LogP) is 3.50. The second kappa shape index (κ2) is 3.97. The Kier molecular flexibility index (Phi) is 2.55. The number of carbonyl (C=O) groups excluding carboxylic acids is 1. The average Bonchev–Trinajstić information content (AvgIpc) is 3.10. The van der Waals surface area contributed by atoms with E-state index in [1.54, 1.807) is 0 Å². The van der Waals surface area contributed by atoms with Crippen molar-refractivity contribution in [3.8, 4) is 0 Å². The van der Waals surface area contributed by atoms with Crippen molar-refractivity contribution in [1.29, 1.82) is 0 Å². The predicted molar refractivity (Wildman–Crippen MR) is 70.8 cm³/mol. The molecule has 0 amide bonds. The summed E-state index contributed by atoms with van der Waals surface area (Å²) in [7, 11) is 0. The smallest absolute Gasteiger partial charge is 0.338 e. The summed E-state index contributed by atoms with van der Waals surface area (Å²) >= 11 is 0. The van der Waals surface area contributed by atoms with Gasteiger partial charge in [-0.25, -0.2) is 4.79 Å². The quantitative estimate of drug-likeness (QED) is 0.628. The van der Waals surface area contributed by atoms with Gasteiger partial charge in [0.15, 0.2) is 5.60 Å². The molecule has 1 unspecified atom stereocenters. The zero-order valence-electron chi connectivity index (χ0n) is 11.7. The Morgan fingerprint density at radius 1 is 0.684 bits per heavy atom. The third-order valence-corrected chi connectivity index (χ3v) is 6.09. The van der Waals surface area contributed by atoms with Gasteiger partial charge >= 0.3 is 5.97 Å². The van der Waals surface area contributed by atoms with Crippen molar-refractivity contribution in [2.75, 3.05) is 0 Å². The van der Waals surface area contributed by atoms with Crippen molar-refractivity contribution in [3.63, 3.8) is 0 Å². The second-order valence-electron chi connectivity index (χ2n) is 7.27. The first-order chi connectivity index (χ1) is 9.16. The Balaban J connectivity index is 1.52. The summed E-state index contributed by atoms with van der Waals surface area (Å²) < 4.78 is 12.3. The highest BCUT2D eigenvalue weighted by Crippen LogP contribution is 2.53. The maximum atomic E-state index is 12.6. The van der Waals surface area contributed by atoms with Gasteiger partial charge in [-0.3, -0.25) is 0 Å². The summed E-state index contributed by atoms with van der Waals surface area (Å²) in [6.45, 7) is 0. The van der Waals surface area contributed by atoms with Crippen LogP contribution >= 0.6 is 0 Å². The zero-order chi connectivity index (χ0) is 13.0. The lowest BCUT2D eigenvalue weighted by molar-refractivity contribution is -0.211. The van der Waals surface area contributed by atoms with Crippen LogP contribution in [0.1, 0.15) is 77.0 Å². The Labute approximate surface area is 115 Å². The Morgan fingerprint density at radius 3 is 1.84 bits per heavy atom. The van der Waals surface area contributed by atoms with E-state index in [0.29, 0.717) is 0 Å². The van der Waals surface area contributed by atoms with E-state index in [9.17, 15) is 4.79 Å².